The van der Waals surface area contributed by atoms with E-state index in [1.165, 1.54) is 24.4 Å². The van der Waals surface area contributed by atoms with Crippen LogP contribution in [0.15, 0.2) is 44.1 Å². The highest BCUT2D eigenvalue weighted by atomic mass is 79.9. The first-order chi connectivity index (χ1) is 14.2. The maximum Gasteiger partial charge on any atom is 0.307 e. The number of nitrogens with zero attached hydrogens (tertiary/aromatic N) is 1. The fraction of sp³-hybridized carbons (Fsp3) is 0.400. The first kappa shape index (κ1) is 22.5. The molecule has 8 nitrogen and oxygen atoms in total. The standard InChI is InChI=1S/C20H23BrN2O6S/c1-13-18(30(26,27)23-9-3-4-10-23)12-17(29-13)20(25)22-16(11-19(24)28-2)14-5-7-15(21)8-6-14/h5-8,12,16H,3-4,9-11H2,1-2H3,(H,22,25). The summed E-state index contributed by atoms with van der Waals surface area (Å²) in [5.74, 6) is -1.08. The fourth-order valence-corrected chi connectivity index (χ4v) is 5.27. The lowest BCUT2D eigenvalue weighted by molar-refractivity contribution is -0.141. The Morgan fingerprint density at radius 1 is 1.23 bits per heavy atom. The van der Waals surface area contributed by atoms with Gasteiger partial charge in [-0.2, -0.15) is 4.31 Å². The molecule has 0 radical (unpaired) electrons. The summed E-state index contributed by atoms with van der Waals surface area (Å²) in [5, 5.41) is 2.74. The Hall–Kier alpha value is -2.17. The summed E-state index contributed by atoms with van der Waals surface area (Å²) in [6.45, 7) is 2.43. The molecule has 1 saturated heterocycles. The minimum Gasteiger partial charge on any atom is -0.469 e. The van der Waals surface area contributed by atoms with E-state index in [0.29, 0.717) is 18.7 Å². The van der Waals surface area contributed by atoms with Crippen molar-refractivity contribution >= 4 is 37.8 Å². The molecule has 0 bridgehead atoms. The summed E-state index contributed by atoms with van der Waals surface area (Å²) in [4.78, 5) is 24.6. The summed E-state index contributed by atoms with van der Waals surface area (Å²) >= 11 is 3.35. The van der Waals surface area contributed by atoms with Gasteiger partial charge in [-0.1, -0.05) is 28.1 Å². The zero-order chi connectivity index (χ0) is 21.9. The zero-order valence-electron chi connectivity index (χ0n) is 16.7. The van der Waals surface area contributed by atoms with Crippen LogP contribution in [-0.4, -0.2) is 44.8 Å². The van der Waals surface area contributed by atoms with Crippen LogP contribution in [0.3, 0.4) is 0 Å². The number of sulfonamides is 1. The first-order valence-corrected chi connectivity index (χ1v) is 11.7. The maximum atomic E-state index is 12.8. The van der Waals surface area contributed by atoms with Gasteiger partial charge in [-0.25, -0.2) is 8.42 Å². The van der Waals surface area contributed by atoms with Crippen molar-refractivity contribution in [3.63, 3.8) is 0 Å². The summed E-state index contributed by atoms with van der Waals surface area (Å²) < 4.78 is 38.1. The van der Waals surface area contributed by atoms with Gasteiger partial charge >= 0.3 is 5.97 Å². The van der Waals surface area contributed by atoms with Crippen LogP contribution in [0.25, 0.3) is 0 Å². The van der Waals surface area contributed by atoms with E-state index in [4.69, 9.17) is 9.15 Å². The number of nitrogens with one attached hydrogen (secondary N) is 1. The number of halogens is 1. The smallest absolute Gasteiger partial charge is 0.307 e. The maximum absolute atomic E-state index is 12.8. The molecule has 0 spiro atoms. The molecule has 1 aromatic carbocycles. The predicted octanol–water partition coefficient (Wildman–Crippen LogP) is 3.17. The largest absolute Gasteiger partial charge is 0.469 e. The van der Waals surface area contributed by atoms with Crippen molar-refractivity contribution < 1.29 is 27.2 Å². The van der Waals surface area contributed by atoms with Gasteiger partial charge in [0.1, 0.15) is 10.7 Å². The molecule has 2 heterocycles. The van der Waals surface area contributed by atoms with E-state index in [1.807, 2.05) is 0 Å². The fourth-order valence-electron chi connectivity index (χ4n) is 3.33. The molecule has 1 atom stereocenters. The first-order valence-electron chi connectivity index (χ1n) is 9.46. The van der Waals surface area contributed by atoms with Crippen molar-refractivity contribution in [2.24, 2.45) is 0 Å². The van der Waals surface area contributed by atoms with Crippen LogP contribution in [0.4, 0.5) is 0 Å². The molecule has 1 aliphatic rings. The average Bonchev–Trinajstić information content (AvgIpc) is 3.38. The second-order valence-electron chi connectivity index (χ2n) is 7.00. The second kappa shape index (κ2) is 9.32. The van der Waals surface area contributed by atoms with Crippen LogP contribution in [0.5, 0.6) is 0 Å². The Labute approximate surface area is 183 Å². The highest BCUT2D eigenvalue weighted by Gasteiger charge is 2.32. The normalized spacial score (nSPS) is 15.7. The number of carbonyl (C=O) groups is 2. The predicted molar refractivity (Wildman–Crippen MR) is 112 cm³/mol. The number of carbonyl (C=O) groups excluding carboxylic acids is 2. The molecule has 1 amide bonds. The second-order valence-corrected chi connectivity index (χ2v) is 9.82. The third kappa shape index (κ3) is 4.93. The van der Waals surface area contributed by atoms with Crippen molar-refractivity contribution in [1.82, 2.24) is 9.62 Å². The lowest BCUT2D eigenvalue weighted by Crippen LogP contribution is -2.30. The molecule has 30 heavy (non-hydrogen) atoms. The van der Waals surface area contributed by atoms with Gasteiger partial charge in [0.25, 0.3) is 5.91 Å². The Morgan fingerprint density at radius 2 is 1.87 bits per heavy atom. The van der Waals surface area contributed by atoms with Gasteiger partial charge in [-0.3, -0.25) is 9.59 Å². The molecule has 1 aliphatic heterocycles. The number of aryl methyl sites for hydroxylation is 1. The molecule has 162 valence electrons. The molecule has 3 rings (SSSR count). The van der Waals surface area contributed by atoms with E-state index in [9.17, 15) is 18.0 Å². The van der Waals surface area contributed by atoms with Crippen LogP contribution in [0.1, 0.15) is 47.2 Å². The lowest BCUT2D eigenvalue weighted by Gasteiger charge is -2.17. The van der Waals surface area contributed by atoms with Gasteiger partial charge in [0, 0.05) is 23.6 Å². The van der Waals surface area contributed by atoms with Crippen molar-refractivity contribution in [2.45, 2.75) is 37.1 Å². The third-order valence-corrected chi connectivity index (χ3v) is 7.49. The molecule has 1 N–H and O–H groups in total. The van der Waals surface area contributed by atoms with Crippen LogP contribution in [0, 0.1) is 6.92 Å². The number of hydrogen-bond donors (Lipinski definition) is 1. The molecule has 1 aromatic heterocycles. The molecular weight excluding hydrogens is 476 g/mol. The van der Waals surface area contributed by atoms with Gasteiger partial charge in [0.05, 0.1) is 19.6 Å². The van der Waals surface area contributed by atoms with E-state index < -0.39 is 27.9 Å². The van der Waals surface area contributed by atoms with Crippen molar-refractivity contribution in [2.75, 3.05) is 20.2 Å². The molecule has 0 aliphatic carbocycles. The molecule has 0 saturated carbocycles. The number of esters is 1. The Morgan fingerprint density at radius 3 is 2.47 bits per heavy atom. The number of rotatable bonds is 7. The van der Waals surface area contributed by atoms with Crippen molar-refractivity contribution in [3.05, 3.63) is 51.9 Å². The van der Waals surface area contributed by atoms with Crippen molar-refractivity contribution in [3.8, 4) is 0 Å². The number of hydrogen-bond acceptors (Lipinski definition) is 6. The monoisotopic (exact) mass is 498 g/mol. The number of methoxy groups -OCH3 is 1. The van der Waals surface area contributed by atoms with Crippen LogP contribution >= 0.6 is 15.9 Å². The molecule has 10 heteroatoms. The van der Waals surface area contributed by atoms with Crippen molar-refractivity contribution in [1.29, 1.82) is 0 Å². The Bertz CT molecular complexity index is 1030. The highest BCUT2D eigenvalue weighted by molar-refractivity contribution is 9.10. The minimum atomic E-state index is -3.71. The number of ether oxygens (including phenoxy) is 1. The van der Waals surface area contributed by atoms with E-state index in [1.54, 1.807) is 24.3 Å². The summed E-state index contributed by atoms with van der Waals surface area (Å²) in [7, 11) is -2.44. The summed E-state index contributed by atoms with van der Waals surface area (Å²) in [6, 6.07) is 7.72. The van der Waals surface area contributed by atoms with Crippen LogP contribution in [-0.2, 0) is 19.6 Å². The molecular formula is C20H23BrN2O6S. The van der Waals surface area contributed by atoms with Gasteiger partial charge in [0.15, 0.2) is 5.76 Å². The number of furan rings is 1. The van der Waals surface area contributed by atoms with Crippen LogP contribution < -0.4 is 5.32 Å². The Kier molecular flexibility index (Phi) is 6.99. The van der Waals surface area contributed by atoms with E-state index >= 15 is 0 Å². The zero-order valence-corrected chi connectivity index (χ0v) is 19.1. The van der Waals surface area contributed by atoms with Gasteiger partial charge in [-0.05, 0) is 37.5 Å². The molecule has 1 unspecified atom stereocenters. The average molecular weight is 499 g/mol. The van der Waals surface area contributed by atoms with E-state index in [-0.39, 0.29) is 22.8 Å². The Balaban J connectivity index is 1.83. The highest BCUT2D eigenvalue weighted by Crippen LogP contribution is 2.27. The topological polar surface area (TPSA) is 106 Å². The van der Waals surface area contributed by atoms with Gasteiger partial charge in [0.2, 0.25) is 10.0 Å². The molecule has 2 aromatic rings. The third-order valence-electron chi connectivity index (χ3n) is 4.96. The minimum absolute atomic E-state index is 0.0114. The SMILES string of the molecule is COC(=O)CC(NC(=O)c1cc(S(=O)(=O)N2CCCC2)c(C)o1)c1ccc(Br)cc1. The summed E-state index contributed by atoms with van der Waals surface area (Å²) in [6.07, 6.45) is 1.54. The van der Waals surface area contributed by atoms with E-state index in [0.717, 1.165) is 17.3 Å². The van der Waals surface area contributed by atoms with Gasteiger partial charge < -0.3 is 14.5 Å². The lowest BCUT2D eigenvalue weighted by atomic mass is 10.0. The number of amides is 1. The summed E-state index contributed by atoms with van der Waals surface area (Å²) in [5.41, 5.74) is 0.699. The van der Waals surface area contributed by atoms with Crippen LogP contribution in [0.2, 0.25) is 0 Å². The van der Waals surface area contributed by atoms with E-state index in [2.05, 4.69) is 21.2 Å². The van der Waals surface area contributed by atoms with Gasteiger partial charge in [-0.15, -0.1) is 0 Å². The molecule has 1 fully saturated rings. The number of benzene rings is 1. The quantitative estimate of drug-likeness (QED) is 0.587.